The van der Waals surface area contributed by atoms with E-state index in [2.05, 4.69) is 5.32 Å². The van der Waals surface area contributed by atoms with Crippen LogP contribution in [-0.4, -0.2) is 7.05 Å². The summed E-state index contributed by atoms with van der Waals surface area (Å²) >= 11 is 5.63. The molecule has 5 heteroatoms. The second-order valence-corrected chi connectivity index (χ2v) is 5.14. The van der Waals surface area contributed by atoms with Crippen molar-refractivity contribution in [3.05, 3.63) is 64.2 Å². The predicted molar refractivity (Wildman–Crippen MR) is 79.6 cm³/mol. The Morgan fingerprint density at radius 3 is 2.62 bits per heavy atom. The summed E-state index contributed by atoms with van der Waals surface area (Å²) in [6, 6.07) is 8.86. The predicted octanol–water partition coefficient (Wildman–Crippen LogP) is 4.48. The van der Waals surface area contributed by atoms with Crippen LogP contribution >= 0.6 is 11.6 Å². The lowest BCUT2D eigenvalue weighted by atomic mass is 10.1. The van der Waals surface area contributed by atoms with Crippen LogP contribution in [0, 0.1) is 11.6 Å². The summed E-state index contributed by atoms with van der Waals surface area (Å²) in [7, 11) is 1.81. The van der Waals surface area contributed by atoms with Crippen molar-refractivity contribution < 1.29 is 13.5 Å². The second kappa shape index (κ2) is 6.87. The zero-order chi connectivity index (χ0) is 15.4. The normalized spacial score (nSPS) is 12.2. The number of nitrogens with one attached hydrogen (secondary N) is 1. The Balaban J connectivity index is 2.18. The van der Waals surface area contributed by atoms with Crippen molar-refractivity contribution >= 4 is 11.6 Å². The zero-order valence-corrected chi connectivity index (χ0v) is 12.5. The van der Waals surface area contributed by atoms with Crippen molar-refractivity contribution in [3.63, 3.8) is 0 Å². The molecule has 1 atom stereocenters. The molecule has 0 radical (unpaired) electrons. The maximum Gasteiger partial charge on any atom is 0.142 e. The Morgan fingerprint density at radius 1 is 1.19 bits per heavy atom. The van der Waals surface area contributed by atoms with Crippen molar-refractivity contribution in [3.8, 4) is 5.75 Å². The number of hydrogen-bond donors (Lipinski definition) is 1. The molecule has 2 aromatic carbocycles. The van der Waals surface area contributed by atoms with Crippen molar-refractivity contribution in [1.82, 2.24) is 5.32 Å². The SMILES string of the molecule is CNC(C)c1ccc(F)cc1OCc1ccc(Cl)c(F)c1. The number of hydrogen-bond acceptors (Lipinski definition) is 2. The Labute approximate surface area is 127 Å². The summed E-state index contributed by atoms with van der Waals surface area (Å²) in [6.07, 6.45) is 0. The highest BCUT2D eigenvalue weighted by molar-refractivity contribution is 6.30. The molecule has 0 amide bonds. The van der Waals surface area contributed by atoms with Gasteiger partial charge in [0.15, 0.2) is 0 Å². The van der Waals surface area contributed by atoms with Crippen molar-refractivity contribution in [2.24, 2.45) is 0 Å². The van der Waals surface area contributed by atoms with Crippen LogP contribution in [0.5, 0.6) is 5.75 Å². The number of benzene rings is 2. The van der Waals surface area contributed by atoms with Gasteiger partial charge in [-0.1, -0.05) is 23.7 Å². The molecule has 0 bridgehead atoms. The van der Waals surface area contributed by atoms with E-state index in [1.54, 1.807) is 12.1 Å². The highest BCUT2D eigenvalue weighted by Gasteiger charge is 2.12. The molecule has 21 heavy (non-hydrogen) atoms. The first kappa shape index (κ1) is 15.7. The van der Waals surface area contributed by atoms with Gasteiger partial charge in [0.2, 0.25) is 0 Å². The molecule has 2 nitrogen and oxygen atoms in total. The summed E-state index contributed by atoms with van der Waals surface area (Å²) in [6.45, 7) is 2.09. The minimum atomic E-state index is -0.499. The lowest BCUT2D eigenvalue weighted by Crippen LogP contribution is -2.14. The van der Waals surface area contributed by atoms with Crippen LogP contribution in [0.3, 0.4) is 0 Å². The van der Waals surface area contributed by atoms with E-state index in [1.165, 1.54) is 24.3 Å². The van der Waals surface area contributed by atoms with E-state index >= 15 is 0 Å². The molecule has 0 aliphatic carbocycles. The van der Waals surface area contributed by atoms with Gasteiger partial charge < -0.3 is 10.1 Å². The minimum Gasteiger partial charge on any atom is -0.488 e. The van der Waals surface area contributed by atoms with Gasteiger partial charge in [-0.25, -0.2) is 8.78 Å². The molecule has 112 valence electrons. The summed E-state index contributed by atoms with van der Waals surface area (Å²) in [5.41, 5.74) is 1.47. The average molecular weight is 312 g/mol. The summed E-state index contributed by atoms with van der Waals surface area (Å²) in [4.78, 5) is 0. The molecule has 0 spiro atoms. The molecule has 0 aromatic heterocycles. The summed E-state index contributed by atoms with van der Waals surface area (Å²) < 4.78 is 32.4. The molecular weight excluding hydrogens is 296 g/mol. The van der Waals surface area contributed by atoms with Gasteiger partial charge in [-0.15, -0.1) is 0 Å². The van der Waals surface area contributed by atoms with Gasteiger partial charge in [-0.2, -0.15) is 0 Å². The molecule has 1 N–H and O–H groups in total. The van der Waals surface area contributed by atoms with E-state index in [0.29, 0.717) is 11.3 Å². The number of halogens is 3. The van der Waals surface area contributed by atoms with Crippen LogP contribution in [0.15, 0.2) is 36.4 Å². The number of ether oxygens (including phenoxy) is 1. The molecule has 2 rings (SSSR count). The van der Waals surface area contributed by atoms with E-state index in [-0.39, 0.29) is 23.5 Å². The van der Waals surface area contributed by atoms with Gasteiger partial charge >= 0.3 is 0 Å². The lowest BCUT2D eigenvalue weighted by Gasteiger charge is -2.16. The summed E-state index contributed by atoms with van der Waals surface area (Å²) in [5.74, 6) is -0.438. The molecule has 0 saturated heterocycles. The van der Waals surface area contributed by atoms with Crippen LogP contribution in [0.25, 0.3) is 0 Å². The maximum atomic E-state index is 13.4. The first-order valence-electron chi connectivity index (χ1n) is 6.54. The van der Waals surface area contributed by atoms with Crippen LogP contribution in [0.1, 0.15) is 24.1 Å². The molecule has 0 heterocycles. The smallest absolute Gasteiger partial charge is 0.142 e. The Hall–Kier alpha value is -1.65. The van der Waals surface area contributed by atoms with Gasteiger partial charge in [0.05, 0.1) is 5.02 Å². The quantitative estimate of drug-likeness (QED) is 0.879. The topological polar surface area (TPSA) is 21.3 Å². The third-order valence-corrected chi connectivity index (χ3v) is 3.56. The Morgan fingerprint density at radius 2 is 1.95 bits per heavy atom. The largest absolute Gasteiger partial charge is 0.488 e. The van der Waals surface area contributed by atoms with Crippen LogP contribution in [0.2, 0.25) is 5.02 Å². The van der Waals surface area contributed by atoms with Gasteiger partial charge in [-0.3, -0.25) is 0 Å². The molecule has 1 unspecified atom stereocenters. The lowest BCUT2D eigenvalue weighted by molar-refractivity contribution is 0.298. The van der Waals surface area contributed by atoms with Gasteiger partial charge in [0, 0.05) is 17.7 Å². The van der Waals surface area contributed by atoms with Gasteiger partial charge in [0.25, 0.3) is 0 Å². The van der Waals surface area contributed by atoms with Crippen LogP contribution in [-0.2, 0) is 6.61 Å². The molecule has 2 aromatic rings. The molecule has 0 aliphatic rings. The zero-order valence-electron chi connectivity index (χ0n) is 11.8. The van der Waals surface area contributed by atoms with Crippen molar-refractivity contribution in [2.75, 3.05) is 7.05 Å². The highest BCUT2D eigenvalue weighted by atomic mass is 35.5. The third-order valence-electron chi connectivity index (χ3n) is 3.25. The van der Waals surface area contributed by atoms with Crippen LogP contribution < -0.4 is 10.1 Å². The van der Waals surface area contributed by atoms with E-state index in [4.69, 9.17) is 16.3 Å². The monoisotopic (exact) mass is 311 g/mol. The maximum absolute atomic E-state index is 13.4. The fourth-order valence-corrected chi connectivity index (χ4v) is 2.05. The van der Waals surface area contributed by atoms with Crippen LogP contribution in [0.4, 0.5) is 8.78 Å². The Kier molecular flexibility index (Phi) is 5.15. The van der Waals surface area contributed by atoms with E-state index in [1.807, 2.05) is 14.0 Å². The fourth-order valence-electron chi connectivity index (χ4n) is 1.94. The molecular formula is C16H16ClF2NO. The third kappa shape index (κ3) is 3.93. The van der Waals surface area contributed by atoms with Crippen molar-refractivity contribution in [1.29, 1.82) is 0 Å². The number of rotatable bonds is 5. The second-order valence-electron chi connectivity index (χ2n) is 4.73. The average Bonchev–Trinajstić information content (AvgIpc) is 2.48. The molecule has 0 fully saturated rings. The molecule has 0 aliphatic heterocycles. The fraction of sp³-hybridized carbons (Fsp3) is 0.250. The molecule has 0 saturated carbocycles. The van der Waals surface area contributed by atoms with Gasteiger partial charge in [-0.05, 0) is 37.7 Å². The highest BCUT2D eigenvalue weighted by Crippen LogP contribution is 2.27. The first-order valence-corrected chi connectivity index (χ1v) is 6.92. The standard InChI is InChI=1S/C16H16ClF2NO/c1-10(20-2)13-5-4-12(18)8-16(13)21-9-11-3-6-14(17)15(19)7-11/h3-8,10,20H,9H2,1-2H3. The van der Waals surface area contributed by atoms with E-state index < -0.39 is 5.82 Å². The Bertz CT molecular complexity index is 634. The summed E-state index contributed by atoms with van der Waals surface area (Å²) in [5, 5.41) is 3.14. The minimum absolute atomic E-state index is 0.0163. The van der Waals surface area contributed by atoms with Gasteiger partial charge in [0.1, 0.15) is 24.0 Å². The van der Waals surface area contributed by atoms with E-state index in [0.717, 1.165) is 5.56 Å². The van der Waals surface area contributed by atoms with E-state index in [9.17, 15) is 8.78 Å². The van der Waals surface area contributed by atoms with Crippen molar-refractivity contribution in [2.45, 2.75) is 19.6 Å². The first-order chi connectivity index (χ1) is 10.0.